The quantitative estimate of drug-likeness (QED) is 0.537. The minimum Gasteiger partial charge on any atom is -0.381 e. The maximum atomic E-state index is 5.56. The van der Waals surface area contributed by atoms with Crippen LogP contribution in [0.15, 0.2) is 0 Å². The van der Waals surface area contributed by atoms with Gasteiger partial charge < -0.3 is 4.74 Å². The van der Waals surface area contributed by atoms with Crippen LogP contribution < -0.4 is 0 Å². The number of halogens is 1. The average Bonchev–Trinajstić information content (AvgIpc) is 2.36. The van der Waals surface area contributed by atoms with Crippen molar-refractivity contribution in [1.29, 1.82) is 0 Å². The first-order valence-corrected chi connectivity index (χ1v) is 5.89. The van der Waals surface area contributed by atoms with Gasteiger partial charge in [-0.25, -0.2) is 0 Å². The Morgan fingerprint density at radius 2 is 2.17 bits per heavy atom. The molecular weight excluding hydrogens is 216 g/mol. The summed E-state index contributed by atoms with van der Waals surface area (Å²) in [6.07, 6.45) is 3.79. The Hall–Kier alpha value is 0.440. The third-order valence-corrected chi connectivity index (χ3v) is 4.10. The van der Waals surface area contributed by atoms with Gasteiger partial charge >= 0.3 is 0 Å². The molecule has 0 spiro atoms. The number of hydrogen-bond acceptors (Lipinski definition) is 1. The fourth-order valence-corrected chi connectivity index (χ4v) is 2.50. The van der Waals surface area contributed by atoms with Gasteiger partial charge in [0.2, 0.25) is 0 Å². The molecule has 1 fully saturated rings. The molecule has 0 radical (unpaired) electrons. The topological polar surface area (TPSA) is 9.23 Å². The van der Waals surface area contributed by atoms with Gasteiger partial charge in [-0.2, -0.15) is 0 Å². The molecule has 0 aromatic carbocycles. The molecule has 0 bridgehead atoms. The smallest absolute Gasteiger partial charge is 0.0497 e. The van der Waals surface area contributed by atoms with Crippen molar-refractivity contribution in [1.82, 2.24) is 0 Å². The molecule has 0 aliphatic heterocycles. The van der Waals surface area contributed by atoms with Gasteiger partial charge in [0.25, 0.3) is 0 Å². The second-order valence-electron chi connectivity index (χ2n) is 3.79. The van der Waals surface area contributed by atoms with Gasteiger partial charge in [0.1, 0.15) is 0 Å². The summed E-state index contributed by atoms with van der Waals surface area (Å²) in [5.41, 5.74) is 0. The number of rotatable bonds is 4. The Kier molecular flexibility index (Phi) is 4.59. The highest BCUT2D eigenvalue weighted by molar-refractivity contribution is 9.09. The summed E-state index contributed by atoms with van der Waals surface area (Å²) in [4.78, 5) is 0.729. The van der Waals surface area contributed by atoms with Crippen LogP contribution >= 0.6 is 15.9 Å². The highest BCUT2D eigenvalue weighted by Gasteiger charge is 2.30. The Balaban J connectivity index is 2.16. The summed E-state index contributed by atoms with van der Waals surface area (Å²) in [6.45, 7) is 6.38. The van der Waals surface area contributed by atoms with Crippen LogP contribution in [0.25, 0.3) is 0 Å². The van der Waals surface area contributed by atoms with Crippen LogP contribution in [0.3, 0.4) is 0 Å². The van der Waals surface area contributed by atoms with Gasteiger partial charge in [-0.3, -0.25) is 0 Å². The molecule has 0 amide bonds. The van der Waals surface area contributed by atoms with E-state index < -0.39 is 0 Å². The van der Waals surface area contributed by atoms with Gasteiger partial charge in [0.15, 0.2) is 0 Å². The van der Waals surface area contributed by atoms with Crippen molar-refractivity contribution < 1.29 is 4.74 Å². The van der Waals surface area contributed by atoms with Crippen molar-refractivity contribution in [3.05, 3.63) is 0 Å². The fourth-order valence-electron chi connectivity index (χ4n) is 1.81. The largest absolute Gasteiger partial charge is 0.381 e. The van der Waals surface area contributed by atoms with E-state index in [1.807, 2.05) is 0 Å². The Bertz CT molecular complexity index is 127. The van der Waals surface area contributed by atoms with Gasteiger partial charge in [-0.1, -0.05) is 29.8 Å². The highest BCUT2D eigenvalue weighted by Crippen LogP contribution is 2.36. The molecule has 0 N–H and O–H groups in total. The Morgan fingerprint density at radius 1 is 1.42 bits per heavy atom. The molecule has 1 aliphatic rings. The molecule has 0 saturated heterocycles. The normalized spacial score (nSPS) is 35.8. The van der Waals surface area contributed by atoms with Crippen molar-refractivity contribution in [2.75, 3.05) is 13.2 Å². The molecule has 1 nitrogen and oxygen atoms in total. The van der Waals surface area contributed by atoms with Gasteiger partial charge in [-0.05, 0) is 31.1 Å². The number of ether oxygens (including phenoxy) is 1. The van der Waals surface area contributed by atoms with E-state index in [-0.39, 0.29) is 0 Å². The van der Waals surface area contributed by atoms with Crippen molar-refractivity contribution in [2.24, 2.45) is 11.8 Å². The maximum Gasteiger partial charge on any atom is 0.0497 e. The predicted molar refractivity (Wildman–Crippen MR) is 55.7 cm³/mol. The molecule has 72 valence electrons. The van der Waals surface area contributed by atoms with E-state index in [0.29, 0.717) is 0 Å². The summed E-state index contributed by atoms with van der Waals surface area (Å²) < 4.78 is 5.56. The van der Waals surface area contributed by atoms with Gasteiger partial charge in [-0.15, -0.1) is 0 Å². The van der Waals surface area contributed by atoms with Crippen LogP contribution in [-0.2, 0) is 4.74 Å². The zero-order valence-corrected chi connectivity index (χ0v) is 9.64. The van der Waals surface area contributed by atoms with Crippen LogP contribution in [0.2, 0.25) is 0 Å². The molecule has 3 unspecified atom stereocenters. The number of hydrogen-bond donors (Lipinski definition) is 0. The lowest BCUT2D eigenvalue weighted by Crippen LogP contribution is -2.16. The van der Waals surface area contributed by atoms with E-state index in [9.17, 15) is 0 Å². The van der Waals surface area contributed by atoms with Crippen LogP contribution in [0, 0.1) is 11.8 Å². The summed E-state index contributed by atoms with van der Waals surface area (Å²) in [5.74, 6) is 1.59. The molecular formula is C10H19BrO. The molecule has 2 heteroatoms. The molecule has 0 aromatic rings. The second-order valence-corrected chi connectivity index (χ2v) is 4.96. The third kappa shape index (κ3) is 2.74. The third-order valence-electron chi connectivity index (χ3n) is 2.81. The van der Waals surface area contributed by atoms with E-state index in [1.165, 1.54) is 12.8 Å². The molecule has 0 aromatic heterocycles. The zero-order chi connectivity index (χ0) is 8.97. The number of alkyl halides is 1. The molecule has 1 saturated carbocycles. The molecule has 0 heterocycles. The summed E-state index contributed by atoms with van der Waals surface area (Å²) in [5, 5.41) is 0. The van der Waals surface area contributed by atoms with E-state index in [4.69, 9.17) is 4.74 Å². The maximum absolute atomic E-state index is 5.56. The van der Waals surface area contributed by atoms with Crippen molar-refractivity contribution in [3.63, 3.8) is 0 Å². The highest BCUT2D eigenvalue weighted by atomic mass is 79.9. The SMILES string of the molecule is CCCOCC1CCC(Br)C1C. The summed E-state index contributed by atoms with van der Waals surface area (Å²) >= 11 is 3.70. The predicted octanol–water partition coefficient (Wildman–Crippen LogP) is 3.22. The van der Waals surface area contributed by atoms with Crippen molar-refractivity contribution >= 4 is 15.9 Å². The van der Waals surface area contributed by atoms with Crippen LogP contribution in [-0.4, -0.2) is 18.0 Å². The fraction of sp³-hybridized carbons (Fsp3) is 1.00. The monoisotopic (exact) mass is 234 g/mol. The zero-order valence-electron chi connectivity index (χ0n) is 8.05. The lowest BCUT2D eigenvalue weighted by atomic mass is 9.99. The molecule has 1 aliphatic carbocycles. The summed E-state index contributed by atoms with van der Waals surface area (Å²) in [6, 6.07) is 0. The van der Waals surface area contributed by atoms with Crippen LogP contribution in [0.4, 0.5) is 0 Å². The first-order valence-electron chi connectivity index (χ1n) is 4.97. The second kappa shape index (κ2) is 5.23. The van der Waals surface area contributed by atoms with E-state index in [2.05, 4.69) is 29.8 Å². The van der Waals surface area contributed by atoms with Crippen molar-refractivity contribution in [3.8, 4) is 0 Å². The standard InChI is InChI=1S/C10H19BrO/c1-3-6-12-7-9-4-5-10(11)8(9)2/h8-10H,3-7H2,1-2H3. The minimum absolute atomic E-state index is 0.729. The van der Waals surface area contributed by atoms with Gasteiger partial charge in [0, 0.05) is 18.0 Å². The van der Waals surface area contributed by atoms with E-state index >= 15 is 0 Å². The molecule has 12 heavy (non-hydrogen) atoms. The van der Waals surface area contributed by atoms with E-state index in [0.717, 1.165) is 36.3 Å². The van der Waals surface area contributed by atoms with Crippen LogP contribution in [0.5, 0.6) is 0 Å². The lowest BCUT2D eigenvalue weighted by molar-refractivity contribution is 0.0895. The Morgan fingerprint density at radius 3 is 2.67 bits per heavy atom. The van der Waals surface area contributed by atoms with Crippen molar-refractivity contribution in [2.45, 2.75) is 37.9 Å². The average molecular weight is 235 g/mol. The van der Waals surface area contributed by atoms with Gasteiger partial charge in [0.05, 0.1) is 0 Å². The lowest BCUT2D eigenvalue weighted by Gasteiger charge is -2.16. The van der Waals surface area contributed by atoms with Crippen LogP contribution in [0.1, 0.15) is 33.1 Å². The first-order chi connectivity index (χ1) is 5.75. The van der Waals surface area contributed by atoms with E-state index in [1.54, 1.807) is 0 Å². The molecule has 1 rings (SSSR count). The summed E-state index contributed by atoms with van der Waals surface area (Å²) in [7, 11) is 0. The Labute approximate surface area is 84.0 Å². The first kappa shape index (κ1) is 10.5. The minimum atomic E-state index is 0.729. The molecule has 3 atom stereocenters.